The molecular weight excluding hydrogens is 314 g/mol. The second-order valence-electron chi connectivity index (χ2n) is 6.79. The van der Waals surface area contributed by atoms with E-state index in [9.17, 15) is 9.59 Å². The van der Waals surface area contributed by atoms with E-state index in [0.29, 0.717) is 19.3 Å². The topological polar surface area (TPSA) is 55.4 Å². The number of carbonyl (C=O) groups is 2. The van der Waals surface area contributed by atoms with Gasteiger partial charge in [-0.15, -0.1) is 6.58 Å². The summed E-state index contributed by atoms with van der Waals surface area (Å²) in [6.45, 7) is 9.83. The number of carbonyl (C=O) groups excluding carboxylic acids is 2. The maximum Gasteiger partial charge on any atom is 0.328 e. The summed E-state index contributed by atoms with van der Waals surface area (Å²) >= 11 is 0. The van der Waals surface area contributed by atoms with Gasteiger partial charge in [-0.25, -0.2) is 4.79 Å². The van der Waals surface area contributed by atoms with Crippen molar-refractivity contribution in [2.45, 2.75) is 52.5 Å². The van der Waals surface area contributed by atoms with Gasteiger partial charge >= 0.3 is 5.97 Å². The van der Waals surface area contributed by atoms with Crippen molar-refractivity contribution in [1.29, 1.82) is 0 Å². The molecule has 0 aliphatic carbocycles. The Morgan fingerprint density at radius 3 is 2.48 bits per heavy atom. The van der Waals surface area contributed by atoms with Crippen LogP contribution in [0.3, 0.4) is 0 Å². The molecule has 0 bridgehead atoms. The minimum Gasteiger partial charge on any atom is -0.467 e. The Morgan fingerprint density at radius 1 is 1.32 bits per heavy atom. The van der Waals surface area contributed by atoms with Gasteiger partial charge in [-0.3, -0.25) is 4.79 Å². The molecule has 4 nitrogen and oxygen atoms in total. The van der Waals surface area contributed by atoms with E-state index in [1.807, 2.05) is 37.3 Å². The van der Waals surface area contributed by atoms with Crippen molar-refractivity contribution in [3.05, 3.63) is 48.6 Å². The summed E-state index contributed by atoms with van der Waals surface area (Å²) in [6, 6.07) is 9.26. The molecule has 3 atom stereocenters. The van der Waals surface area contributed by atoms with E-state index in [-0.39, 0.29) is 11.8 Å². The number of methoxy groups -OCH3 is 1. The first-order chi connectivity index (χ1) is 11.9. The quantitative estimate of drug-likeness (QED) is 0.517. The molecule has 0 aromatic heterocycles. The molecule has 1 rings (SSSR count). The van der Waals surface area contributed by atoms with Crippen molar-refractivity contribution in [2.75, 3.05) is 7.11 Å². The Balaban J connectivity index is 2.87. The fourth-order valence-corrected chi connectivity index (χ4v) is 2.94. The number of allylic oxidation sites excluding steroid dienone is 1. The standard InChI is InChI=1S/C21H31NO3/c1-6-15-21(4,16(3)7-2)20(24)22-18(19(23)25-5)14-13-17-11-9-8-10-12-17/h6,8-12,16,18H,1,7,13-15H2,2-5H3,(H,22,24)/t16?,18-,21+/m0/s1. The molecule has 0 radical (unpaired) electrons. The molecule has 138 valence electrons. The first-order valence-electron chi connectivity index (χ1n) is 8.92. The highest BCUT2D eigenvalue weighted by Gasteiger charge is 2.38. The van der Waals surface area contributed by atoms with Gasteiger partial charge in [-0.1, -0.05) is 63.6 Å². The Kier molecular flexibility index (Phi) is 8.39. The van der Waals surface area contributed by atoms with Crippen LogP contribution in [0.25, 0.3) is 0 Å². The van der Waals surface area contributed by atoms with Gasteiger partial charge in [0.25, 0.3) is 0 Å². The zero-order valence-corrected chi connectivity index (χ0v) is 15.9. The molecule has 0 saturated carbocycles. The van der Waals surface area contributed by atoms with Gasteiger partial charge < -0.3 is 10.1 Å². The molecule has 1 amide bonds. The predicted molar refractivity (Wildman–Crippen MR) is 101 cm³/mol. The van der Waals surface area contributed by atoms with Crippen LogP contribution >= 0.6 is 0 Å². The van der Waals surface area contributed by atoms with Gasteiger partial charge in [0.2, 0.25) is 5.91 Å². The fraction of sp³-hybridized carbons (Fsp3) is 0.524. The van der Waals surface area contributed by atoms with E-state index in [1.165, 1.54) is 7.11 Å². The second kappa shape index (κ2) is 10.0. The Bertz CT molecular complexity index is 570. The third-order valence-electron chi connectivity index (χ3n) is 5.14. The van der Waals surface area contributed by atoms with Crippen molar-refractivity contribution in [1.82, 2.24) is 5.32 Å². The summed E-state index contributed by atoms with van der Waals surface area (Å²) < 4.78 is 4.89. The third-order valence-corrected chi connectivity index (χ3v) is 5.14. The van der Waals surface area contributed by atoms with E-state index in [2.05, 4.69) is 25.7 Å². The van der Waals surface area contributed by atoms with Crippen molar-refractivity contribution >= 4 is 11.9 Å². The monoisotopic (exact) mass is 345 g/mol. The highest BCUT2D eigenvalue weighted by molar-refractivity contribution is 5.88. The normalized spacial score (nSPS) is 15.5. The van der Waals surface area contributed by atoms with Gasteiger partial charge in [0, 0.05) is 0 Å². The van der Waals surface area contributed by atoms with Crippen LogP contribution in [0.1, 0.15) is 45.6 Å². The lowest BCUT2D eigenvalue weighted by Gasteiger charge is -2.34. The SMILES string of the molecule is C=CC[C@@](C)(C(=O)N[C@@H](CCc1ccccc1)C(=O)OC)C(C)CC. The molecule has 0 spiro atoms. The zero-order chi connectivity index (χ0) is 18.9. The maximum atomic E-state index is 12.9. The number of esters is 1. The molecule has 4 heteroatoms. The first kappa shape index (κ1) is 20.9. The van der Waals surface area contributed by atoms with Crippen LogP contribution in [0, 0.1) is 11.3 Å². The minimum absolute atomic E-state index is 0.120. The molecule has 0 heterocycles. The summed E-state index contributed by atoms with van der Waals surface area (Å²) in [7, 11) is 1.35. The number of hydrogen-bond donors (Lipinski definition) is 1. The van der Waals surface area contributed by atoms with E-state index >= 15 is 0 Å². The summed E-state index contributed by atoms with van der Waals surface area (Å²) in [4.78, 5) is 25.1. The van der Waals surface area contributed by atoms with Gasteiger partial charge in [-0.2, -0.15) is 0 Å². The minimum atomic E-state index is -0.647. The van der Waals surface area contributed by atoms with Gasteiger partial charge in [0.1, 0.15) is 6.04 Å². The molecule has 1 aromatic carbocycles. The molecule has 1 aromatic rings. The van der Waals surface area contributed by atoms with Crippen molar-refractivity contribution in [2.24, 2.45) is 11.3 Å². The van der Waals surface area contributed by atoms with Crippen molar-refractivity contribution in [3.63, 3.8) is 0 Å². The van der Waals surface area contributed by atoms with Crippen LogP contribution in [-0.2, 0) is 20.7 Å². The fourth-order valence-electron chi connectivity index (χ4n) is 2.94. The summed E-state index contributed by atoms with van der Waals surface area (Å²) in [5, 5.41) is 2.92. The molecule has 0 fully saturated rings. The summed E-state index contributed by atoms with van der Waals surface area (Å²) in [5.74, 6) is -0.350. The Labute approximate surface area is 151 Å². The molecule has 1 unspecified atom stereocenters. The lowest BCUT2D eigenvalue weighted by Crippen LogP contribution is -2.50. The second-order valence-corrected chi connectivity index (χ2v) is 6.79. The highest BCUT2D eigenvalue weighted by atomic mass is 16.5. The molecule has 1 N–H and O–H groups in total. The number of ether oxygens (including phenoxy) is 1. The largest absolute Gasteiger partial charge is 0.467 e. The predicted octanol–water partition coefficient (Wildman–Crippen LogP) is 3.91. The third kappa shape index (κ3) is 5.73. The summed E-state index contributed by atoms with van der Waals surface area (Å²) in [6.07, 6.45) is 4.42. The van der Waals surface area contributed by atoms with Crippen LogP contribution in [0.2, 0.25) is 0 Å². The smallest absolute Gasteiger partial charge is 0.328 e. The van der Waals surface area contributed by atoms with Gasteiger partial charge in [0.05, 0.1) is 12.5 Å². The van der Waals surface area contributed by atoms with Crippen LogP contribution in [-0.4, -0.2) is 25.0 Å². The number of nitrogens with one attached hydrogen (secondary N) is 1. The number of rotatable bonds is 10. The van der Waals surface area contributed by atoms with E-state index in [0.717, 1.165) is 12.0 Å². The van der Waals surface area contributed by atoms with Crippen LogP contribution in [0.15, 0.2) is 43.0 Å². The van der Waals surface area contributed by atoms with E-state index in [1.54, 1.807) is 6.08 Å². The molecule has 0 aliphatic heterocycles. The number of benzene rings is 1. The van der Waals surface area contributed by atoms with E-state index in [4.69, 9.17) is 4.74 Å². The number of amides is 1. The maximum absolute atomic E-state index is 12.9. The van der Waals surface area contributed by atoms with Crippen LogP contribution < -0.4 is 5.32 Å². The first-order valence-corrected chi connectivity index (χ1v) is 8.92. The number of aryl methyl sites for hydroxylation is 1. The average Bonchev–Trinajstić information content (AvgIpc) is 2.64. The number of hydrogen-bond acceptors (Lipinski definition) is 3. The van der Waals surface area contributed by atoms with Crippen molar-refractivity contribution in [3.8, 4) is 0 Å². The summed E-state index contributed by atoms with van der Waals surface area (Å²) in [5.41, 5.74) is 0.539. The van der Waals surface area contributed by atoms with Gasteiger partial charge in [0.15, 0.2) is 0 Å². The molecular formula is C21H31NO3. The Morgan fingerprint density at radius 2 is 1.96 bits per heavy atom. The van der Waals surface area contributed by atoms with Crippen LogP contribution in [0.5, 0.6) is 0 Å². The van der Waals surface area contributed by atoms with E-state index < -0.39 is 17.4 Å². The average molecular weight is 345 g/mol. The van der Waals surface area contributed by atoms with Gasteiger partial charge in [-0.05, 0) is 30.7 Å². The lowest BCUT2D eigenvalue weighted by atomic mass is 9.73. The highest BCUT2D eigenvalue weighted by Crippen LogP contribution is 2.34. The Hall–Kier alpha value is -2.10. The molecule has 0 aliphatic rings. The van der Waals surface area contributed by atoms with Crippen molar-refractivity contribution < 1.29 is 14.3 Å². The molecule has 0 saturated heterocycles. The van der Waals surface area contributed by atoms with Crippen LogP contribution in [0.4, 0.5) is 0 Å². The lowest BCUT2D eigenvalue weighted by molar-refractivity contribution is -0.147. The molecule has 25 heavy (non-hydrogen) atoms. The zero-order valence-electron chi connectivity index (χ0n) is 15.9.